The summed E-state index contributed by atoms with van der Waals surface area (Å²) in [4.78, 5) is 35.4. The van der Waals surface area contributed by atoms with Gasteiger partial charge in [-0.2, -0.15) is 5.26 Å². The van der Waals surface area contributed by atoms with Gasteiger partial charge in [-0.3, -0.25) is 14.9 Å². The topological polar surface area (TPSA) is 141 Å². The van der Waals surface area contributed by atoms with Crippen LogP contribution in [0.15, 0.2) is 12.1 Å². The lowest BCUT2D eigenvalue weighted by molar-refractivity contribution is -0.385. The molecule has 1 heterocycles. The van der Waals surface area contributed by atoms with Crippen LogP contribution in [0.1, 0.15) is 49.4 Å². The number of nitriles is 1. The summed E-state index contributed by atoms with van der Waals surface area (Å²) in [5.41, 5.74) is -1.83. The van der Waals surface area contributed by atoms with Gasteiger partial charge in [0.25, 0.3) is 11.6 Å². The molecule has 1 unspecified atom stereocenters. The maximum Gasteiger partial charge on any atom is 0.346 e. The number of nitro benzene ring substituents is 1. The number of esters is 1. The second kappa shape index (κ2) is 7.72. The van der Waals surface area contributed by atoms with E-state index >= 15 is 0 Å². The van der Waals surface area contributed by atoms with Crippen LogP contribution in [0.4, 0.5) is 5.69 Å². The van der Waals surface area contributed by atoms with Crippen molar-refractivity contribution in [2.75, 3.05) is 6.79 Å². The average Bonchev–Trinajstić information content (AvgIpc) is 3.15. The highest BCUT2D eigenvalue weighted by atomic mass is 16.7. The number of nitrogens with one attached hydrogen (secondary N) is 1. The second-order valence-corrected chi connectivity index (χ2v) is 6.77. The Bertz CT molecular complexity index is 855. The Morgan fingerprint density at radius 1 is 1.29 bits per heavy atom. The molecule has 148 valence electrons. The first-order valence-electron chi connectivity index (χ1n) is 8.87. The van der Waals surface area contributed by atoms with Crippen molar-refractivity contribution in [1.82, 2.24) is 5.32 Å². The number of carbonyl (C=O) groups is 2. The van der Waals surface area contributed by atoms with E-state index in [0.29, 0.717) is 12.8 Å². The molecule has 3 rings (SSSR count). The smallest absolute Gasteiger partial charge is 0.346 e. The van der Waals surface area contributed by atoms with Crippen molar-refractivity contribution in [3.05, 3.63) is 27.8 Å². The van der Waals surface area contributed by atoms with E-state index in [1.165, 1.54) is 6.92 Å². The molecule has 1 amide bonds. The van der Waals surface area contributed by atoms with Gasteiger partial charge in [0, 0.05) is 6.07 Å². The molecule has 1 fully saturated rings. The summed E-state index contributed by atoms with van der Waals surface area (Å²) in [6, 6.07) is 4.39. The van der Waals surface area contributed by atoms with Crippen molar-refractivity contribution in [2.24, 2.45) is 0 Å². The number of amides is 1. The summed E-state index contributed by atoms with van der Waals surface area (Å²) in [6.07, 6.45) is 2.48. The molecule has 1 aromatic rings. The first-order valence-corrected chi connectivity index (χ1v) is 8.87. The quantitative estimate of drug-likeness (QED) is 0.459. The largest absolute Gasteiger partial charge is 0.454 e. The highest BCUT2D eigenvalue weighted by Gasteiger charge is 2.36. The van der Waals surface area contributed by atoms with Gasteiger partial charge in [0.15, 0.2) is 17.6 Å². The molecular formula is C18H19N3O7. The third kappa shape index (κ3) is 3.83. The molecule has 1 aliphatic carbocycles. The van der Waals surface area contributed by atoms with Crippen LogP contribution >= 0.6 is 0 Å². The monoisotopic (exact) mass is 389 g/mol. The number of ether oxygens (including phenoxy) is 3. The van der Waals surface area contributed by atoms with Crippen LogP contribution < -0.4 is 14.8 Å². The number of nitro groups is 1. The van der Waals surface area contributed by atoms with Crippen molar-refractivity contribution in [1.29, 1.82) is 5.26 Å². The van der Waals surface area contributed by atoms with E-state index in [1.54, 1.807) is 0 Å². The molecule has 1 aromatic carbocycles. The second-order valence-electron chi connectivity index (χ2n) is 6.77. The summed E-state index contributed by atoms with van der Waals surface area (Å²) in [5.74, 6) is -1.33. The minimum absolute atomic E-state index is 0.111. The molecule has 1 saturated carbocycles. The van der Waals surface area contributed by atoms with Gasteiger partial charge >= 0.3 is 5.97 Å². The van der Waals surface area contributed by atoms with Crippen LogP contribution in [-0.2, 0) is 9.53 Å². The minimum Gasteiger partial charge on any atom is -0.454 e. The van der Waals surface area contributed by atoms with Gasteiger partial charge in [-0.25, -0.2) is 4.79 Å². The maximum atomic E-state index is 12.5. The molecule has 10 heteroatoms. The normalized spacial score (nSPS) is 17.9. The van der Waals surface area contributed by atoms with Gasteiger partial charge in [-0.05, 0) is 19.8 Å². The maximum absolute atomic E-state index is 12.5. The molecule has 0 bridgehead atoms. The molecule has 0 saturated heterocycles. The van der Waals surface area contributed by atoms with E-state index in [2.05, 4.69) is 11.4 Å². The van der Waals surface area contributed by atoms with E-state index in [-0.39, 0.29) is 23.9 Å². The molecule has 1 atom stereocenters. The molecule has 10 nitrogen and oxygen atoms in total. The first kappa shape index (κ1) is 19.4. The van der Waals surface area contributed by atoms with Crippen LogP contribution in [0.25, 0.3) is 0 Å². The predicted molar refractivity (Wildman–Crippen MR) is 93.7 cm³/mol. The van der Waals surface area contributed by atoms with Crippen molar-refractivity contribution in [3.8, 4) is 17.6 Å². The van der Waals surface area contributed by atoms with E-state index in [9.17, 15) is 25.0 Å². The Morgan fingerprint density at radius 2 is 1.93 bits per heavy atom. The third-order valence-electron chi connectivity index (χ3n) is 4.84. The van der Waals surface area contributed by atoms with Gasteiger partial charge in [0.1, 0.15) is 11.1 Å². The number of rotatable bonds is 5. The van der Waals surface area contributed by atoms with Crippen molar-refractivity contribution >= 4 is 17.6 Å². The van der Waals surface area contributed by atoms with Gasteiger partial charge in [-0.15, -0.1) is 0 Å². The standard InChI is InChI=1S/C18H19N3O7/c1-11(16(22)20-18(9-19)5-3-2-4-6-18)28-17(23)12-7-14-15(27-10-26-14)8-13(12)21(24)25/h7-8,11H,2-6,10H2,1H3,(H,20,22). The Hall–Kier alpha value is -3.35. The zero-order valence-corrected chi connectivity index (χ0v) is 15.2. The van der Waals surface area contributed by atoms with Crippen molar-refractivity contribution in [3.63, 3.8) is 0 Å². The van der Waals surface area contributed by atoms with Crippen LogP contribution in [-0.4, -0.2) is 35.2 Å². The van der Waals surface area contributed by atoms with E-state index in [1.807, 2.05) is 0 Å². The minimum atomic E-state index is -1.23. The number of hydrogen-bond donors (Lipinski definition) is 1. The lowest BCUT2D eigenvalue weighted by Gasteiger charge is -2.32. The zero-order valence-electron chi connectivity index (χ0n) is 15.2. The highest BCUT2D eigenvalue weighted by molar-refractivity contribution is 5.97. The molecule has 0 radical (unpaired) electrons. The number of carbonyl (C=O) groups excluding carboxylic acids is 2. The highest BCUT2D eigenvalue weighted by Crippen LogP contribution is 2.38. The Labute approximate surface area is 160 Å². The fraction of sp³-hybridized carbons (Fsp3) is 0.500. The number of fused-ring (bicyclic) bond motifs is 1. The molecule has 1 aliphatic heterocycles. The van der Waals surface area contributed by atoms with Gasteiger partial charge < -0.3 is 19.5 Å². The first-order chi connectivity index (χ1) is 13.3. The van der Waals surface area contributed by atoms with Gasteiger partial charge in [0.05, 0.1) is 17.1 Å². The number of hydrogen-bond acceptors (Lipinski definition) is 8. The fourth-order valence-corrected chi connectivity index (χ4v) is 3.28. The lowest BCUT2D eigenvalue weighted by Crippen LogP contribution is -2.52. The summed E-state index contributed by atoms with van der Waals surface area (Å²) >= 11 is 0. The third-order valence-corrected chi connectivity index (χ3v) is 4.84. The van der Waals surface area contributed by atoms with E-state index < -0.39 is 34.1 Å². The van der Waals surface area contributed by atoms with Crippen LogP contribution in [0, 0.1) is 21.4 Å². The van der Waals surface area contributed by atoms with Crippen molar-refractivity contribution < 1.29 is 28.7 Å². The molecule has 28 heavy (non-hydrogen) atoms. The number of benzene rings is 1. The fourth-order valence-electron chi connectivity index (χ4n) is 3.28. The van der Waals surface area contributed by atoms with Gasteiger partial charge in [0.2, 0.25) is 6.79 Å². The summed E-state index contributed by atoms with van der Waals surface area (Å²) in [5, 5.41) is 23.4. The Morgan fingerprint density at radius 3 is 2.54 bits per heavy atom. The molecule has 0 aromatic heterocycles. The van der Waals surface area contributed by atoms with Crippen molar-refractivity contribution in [2.45, 2.75) is 50.7 Å². The molecule has 0 spiro atoms. The Kier molecular flexibility index (Phi) is 5.35. The SMILES string of the molecule is CC(OC(=O)c1cc2c(cc1[N+](=O)[O-])OCO2)C(=O)NC1(C#N)CCCCC1. The van der Waals surface area contributed by atoms with Gasteiger partial charge in [-0.1, -0.05) is 19.3 Å². The molecular weight excluding hydrogens is 370 g/mol. The summed E-state index contributed by atoms with van der Waals surface area (Å²) in [6.45, 7) is 1.24. The average molecular weight is 389 g/mol. The van der Waals surface area contributed by atoms with E-state index in [0.717, 1.165) is 31.4 Å². The van der Waals surface area contributed by atoms with Crippen LogP contribution in [0.3, 0.4) is 0 Å². The van der Waals surface area contributed by atoms with E-state index in [4.69, 9.17) is 14.2 Å². The molecule has 1 N–H and O–H groups in total. The zero-order chi connectivity index (χ0) is 20.3. The summed E-state index contributed by atoms with van der Waals surface area (Å²) in [7, 11) is 0. The van der Waals surface area contributed by atoms with Crippen LogP contribution in [0.5, 0.6) is 11.5 Å². The predicted octanol–water partition coefficient (Wildman–Crippen LogP) is 2.21. The number of nitrogens with zero attached hydrogens (tertiary/aromatic N) is 2. The summed E-state index contributed by atoms with van der Waals surface area (Å²) < 4.78 is 15.3. The Balaban J connectivity index is 1.73. The van der Waals surface area contributed by atoms with Crippen LogP contribution in [0.2, 0.25) is 0 Å². The molecule has 2 aliphatic rings. The lowest BCUT2D eigenvalue weighted by atomic mass is 9.83.